The van der Waals surface area contributed by atoms with Gasteiger partial charge in [0.2, 0.25) is 0 Å². The number of anilines is 3. The van der Waals surface area contributed by atoms with Crippen molar-refractivity contribution in [3.05, 3.63) is 65.3 Å². The summed E-state index contributed by atoms with van der Waals surface area (Å²) >= 11 is 0. The number of fused-ring (bicyclic) bond motifs is 1. The van der Waals surface area contributed by atoms with Crippen molar-refractivity contribution < 1.29 is 14.1 Å². The van der Waals surface area contributed by atoms with E-state index in [1.54, 1.807) is 41.0 Å². The van der Waals surface area contributed by atoms with E-state index in [0.29, 0.717) is 28.6 Å². The lowest BCUT2D eigenvalue weighted by Crippen LogP contribution is -2.20. The van der Waals surface area contributed by atoms with Crippen molar-refractivity contribution in [2.75, 3.05) is 16.0 Å². The molecule has 0 aliphatic carbocycles. The molecule has 0 unspecified atom stereocenters. The highest BCUT2D eigenvalue weighted by Gasteiger charge is 2.20. The first-order valence-corrected chi connectivity index (χ1v) is 10.4. The van der Waals surface area contributed by atoms with Crippen LogP contribution in [0.2, 0.25) is 0 Å². The van der Waals surface area contributed by atoms with Crippen molar-refractivity contribution in [1.29, 1.82) is 0 Å². The summed E-state index contributed by atoms with van der Waals surface area (Å²) in [6.07, 6.45) is 1.58. The monoisotopic (exact) mass is 447 g/mol. The number of nitrogens with one attached hydrogen (secondary N) is 3. The number of nitrogens with zero attached hydrogens (tertiary/aromatic N) is 4. The van der Waals surface area contributed by atoms with Gasteiger partial charge >= 0.3 is 6.03 Å². The van der Waals surface area contributed by atoms with Crippen LogP contribution in [-0.2, 0) is 5.41 Å². The summed E-state index contributed by atoms with van der Waals surface area (Å²) in [5.41, 5.74) is 3.41. The van der Waals surface area contributed by atoms with Gasteiger partial charge in [-0.3, -0.25) is 10.1 Å². The molecule has 3 amide bonds. The summed E-state index contributed by atoms with van der Waals surface area (Å²) in [6, 6.07) is 10.1. The van der Waals surface area contributed by atoms with Gasteiger partial charge in [0.25, 0.3) is 5.91 Å². The number of aryl methyl sites for hydroxylation is 2. The third kappa shape index (κ3) is 5.00. The lowest BCUT2D eigenvalue weighted by atomic mass is 9.93. The van der Waals surface area contributed by atoms with E-state index in [0.717, 1.165) is 11.3 Å². The molecule has 0 aliphatic rings. The molecular weight excluding hydrogens is 422 g/mol. The van der Waals surface area contributed by atoms with Crippen LogP contribution < -0.4 is 16.0 Å². The van der Waals surface area contributed by atoms with Crippen LogP contribution in [0.4, 0.5) is 22.0 Å². The van der Waals surface area contributed by atoms with Crippen LogP contribution in [-0.4, -0.2) is 31.7 Å². The van der Waals surface area contributed by atoms with Gasteiger partial charge in [0.05, 0.1) is 11.9 Å². The predicted octanol–water partition coefficient (Wildman–Crippen LogP) is 4.53. The topological polar surface area (TPSA) is 126 Å². The largest absolute Gasteiger partial charge is 0.359 e. The van der Waals surface area contributed by atoms with Crippen molar-refractivity contribution in [2.45, 2.75) is 40.0 Å². The van der Waals surface area contributed by atoms with Gasteiger partial charge in [-0.1, -0.05) is 25.9 Å². The van der Waals surface area contributed by atoms with Crippen molar-refractivity contribution in [3.63, 3.8) is 0 Å². The Bertz CT molecular complexity index is 1350. The molecule has 0 spiro atoms. The number of hydrogen-bond acceptors (Lipinski definition) is 6. The Morgan fingerprint density at radius 1 is 1.00 bits per heavy atom. The van der Waals surface area contributed by atoms with E-state index in [1.165, 1.54) is 0 Å². The highest BCUT2D eigenvalue weighted by molar-refractivity contribution is 6.04. The lowest BCUT2D eigenvalue weighted by Gasteiger charge is -2.12. The number of carbonyl (C=O) groups excluding carboxylic acids is 2. The fourth-order valence-corrected chi connectivity index (χ4v) is 3.12. The minimum absolute atomic E-state index is 0.209. The molecule has 0 atom stereocenters. The summed E-state index contributed by atoms with van der Waals surface area (Å²) < 4.78 is 6.84. The highest BCUT2D eigenvalue weighted by atomic mass is 16.5. The summed E-state index contributed by atoms with van der Waals surface area (Å²) in [6.45, 7) is 9.68. The maximum atomic E-state index is 12.6. The molecule has 170 valence electrons. The second kappa shape index (κ2) is 8.38. The highest BCUT2D eigenvalue weighted by Crippen LogP contribution is 2.25. The number of benzene rings is 1. The van der Waals surface area contributed by atoms with Crippen LogP contribution in [0.5, 0.6) is 0 Å². The maximum Gasteiger partial charge on any atom is 0.324 e. The normalized spacial score (nSPS) is 11.4. The number of hydrogen-bond donors (Lipinski definition) is 3. The second-order valence-electron chi connectivity index (χ2n) is 8.79. The van der Waals surface area contributed by atoms with Crippen molar-refractivity contribution in [3.8, 4) is 0 Å². The standard InChI is InChI=1S/C23H25N7O3/c1-13-10-15(24-21(31)17-12-30-20(25-17)9-6-14(2)28-30)7-8-16(13)26-22(32)27-19-11-18(33-29-19)23(3,4)5/h6-12H,1-5H3,(H,24,31)(H2,26,27,29,32). The van der Waals surface area contributed by atoms with Crippen LogP contribution in [0.25, 0.3) is 5.65 Å². The van der Waals surface area contributed by atoms with Gasteiger partial charge in [-0.25, -0.2) is 14.3 Å². The fraction of sp³-hybridized carbons (Fsp3) is 0.261. The molecule has 4 aromatic rings. The van der Waals surface area contributed by atoms with E-state index in [-0.39, 0.29) is 17.0 Å². The molecule has 0 bridgehead atoms. The zero-order chi connectivity index (χ0) is 23.8. The SMILES string of the molecule is Cc1ccc2nc(C(=O)Nc3ccc(NC(=O)Nc4cc(C(C)(C)C)on4)c(C)c3)cn2n1. The van der Waals surface area contributed by atoms with Crippen LogP contribution >= 0.6 is 0 Å². The molecule has 1 aromatic carbocycles. The van der Waals surface area contributed by atoms with Gasteiger partial charge in [-0.2, -0.15) is 5.10 Å². The number of amides is 3. The molecule has 0 fully saturated rings. The fourth-order valence-electron chi connectivity index (χ4n) is 3.12. The molecule has 3 N–H and O–H groups in total. The third-order valence-corrected chi connectivity index (χ3v) is 4.91. The van der Waals surface area contributed by atoms with Crippen LogP contribution in [0.15, 0.2) is 47.1 Å². The second-order valence-corrected chi connectivity index (χ2v) is 8.79. The minimum Gasteiger partial charge on any atom is -0.359 e. The number of aromatic nitrogens is 4. The molecule has 3 heterocycles. The molecule has 4 rings (SSSR count). The molecule has 33 heavy (non-hydrogen) atoms. The third-order valence-electron chi connectivity index (χ3n) is 4.91. The zero-order valence-electron chi connectivity index (χ0n) is 19.1. The zero-order valence-corrected chi connectivity index (χ0v) is 19.1. The van der Waals surface area contributed by atoms with E-state index in [1.807, 2.05) is 40.7 Å². The first-order chi connectivity index (χ1) is 15.6. The Morgan fingerprint density at radius 2 is 1.79 bits per heavy atom. The molecule has 0 saturated heterocycles. The molecular formula is C23H25N7O3. The van der Waals surface area contributed by atoms with Gasteiger partial charge < -0.3 is 15.2 Å². The number of carbonyl (C=O) groups is 2. The lowest BCUT2D eigenvalue weighted by molar-refractivity contribution is 0.102. The Balaban J connectivity index is 1.40. The quantitative estimate of drug-likeness (QED) is 0.422. The van der Waals surface area contributed by atoms with Gasteiger partial charge in [-0.15, -0.1) is 0 Å². The van der Waals surface area contributed by atoms with Crippen LogP contribution in [0.3, 0.4) is 0 Å². The molecule has 10 nitrogen and oxygen atoms in total. The van der Waals surface area contributed by atoms with Gasteiger partial charge in [0, 0.05) is 22.9 Å². The predicted molar refractivity (Wildman–Crippen MR) is 125 cm³/mol. The first kappa shape index (κ1) is 22.0. The summed E-state index contributed by atoms with van der Waals surface area (Å²) in [5.74, 6) is 0.651. The number of imidazole rings is 1. The summed E-state index contributed by atoms with van der Waals surface area (Å²) in [7, 11) is 0. The number of urea groups is 1. The Hall–Kier alpha value is -4.21. The van der Waals surface area contributed by atoms with E-state index in [9.17, 15) is 9.59 Å². The van der Waals surface area contributed by atoms with Crippen LogP contribution in [0, 0.1) is 13.8 Å². The summed E-state index contributed by atoms with van der Waals surface area (Å²) in [4.78, 5) is 29.3. The minimum atomic E-state index is -0.448. The molecule has 0 radical (unpaired) electrons. The Kier molecular flexibility index (Phi) is 5.59. The molecule has 10 heteroatoms. The van der Waals surface area contributed by atoms with E-state index in [4.69, 9.17) is 4.52 Å². The maximum absolute atomic E-state index is 12.6. The van der Waals surface area contributed by atoms with E-state index in [2.05, 4.69) is 31.2 Å². The van der Waals surface area contributed by atoms with E-state index < -0.39 is 6.03 Å². The van der Waals surface area contributed by atoms with Gasteiger partial charge in [0.15, 0.2) is 11.5 Å². The Labute approximate surface area is 190 Å². The average Bonchev–Trinajstić information content (AvgIpc) is 3.36. The Morgan fingerprint density at radius 3 is 2.48 bits per heavy atom. The van der Waals surface area contributed by atoms with Crippen molar-refractivity contribution in [1.82, 2.24) is 19.8 Å². The van der Waals surface area contributed by atoms with Crippen molar-refractivity contribution in [2.24, 2.45) is 0 Å². The molecule has 0 saturated carbocycles. The van der Waals surface area contributed by atoms with Crippen LogP contribution in [0.1, 0.15) is 48.3 Å². The van der Waals surface area contributed by atoms with Gasteiger partial charge in [0.1, 0.15) is 11.5 Å². The van der Waals surface area contributed by atoms with Gasteiger partial charge in [-0.05, 0) is 49.7 Å². The molecule has 0 aliphatic heterocycles. The average molecular weight is 447 g/mol. The van der Waals surface area contributed by atoms with Crippen molar-refractivity contribution >= 4 is 34.8 Å². The first-order valence-electron chi connectivity index (χ1n) is 10.4. The molecule has 3 aromatic heterocycles. The smallest absolute Gasteiger partial charge is 0.324 e. The summed E-state index contributed by atoms with van der Waals surface area (Å²) in [5, 5.41) is 16.4. The number of rotatable bonds is 4. The van der Waals surface area contributed by atoms with E-state index >= 15 is 0 Å².